The summed E-state index contributed by atoms with van der Waals surface area (Å²) in [5.74, 6) is 0. The quantitative estimate of drug-likeness (QED) is 0.421. The molecule has 0 aliphatic carbocycles. The summed E-state index contributed by atoms with van der Waals surface area (Å²) < 4.78 is 5.83. The van der Waals surface area contributed by atoms with Crippen LogP contribution in [0.2, 0.25) is 0 Å². The molecule has 0 saturated heterocycles. The molecule has 0 bridgehead atoms. The average molecular weight is 217 g/mol. The predicted molar refractivity (Wildman–Crippen MR) is 70.1 cm³/mol. The van der Waals surface area contributed by atoms with E-state index in [4.69, 9.17) is 4.42 Å². The van der Waals surface area contributed by atoms with Crippen molar-refractivity contribution < 1.29 is 4.42 Å². The van der Waals surface area contributed by atoms with Crippen molar-refractivity contribution >= 4 is 32.7 Å². The molecule has 4 aromatic rings. The van der Waals surface area contributed by atoms with Crippen LogP contribution in [0.5, 0.6) is 0 Å². The molecule has 1 heteroatoms. The van der Waals surface area contributed by atoms with Gasteiger partial charge in [-0.25, -0.2) is 0 Å². The third-order valence-corrected chi connectivity index (χ3v) is 3.13. The zero-order valence-corrected chi connectivity index (χ0v) is 9.10. The first-order chi connectivity index (χ1) is 8.42. The van der Waals surface area contributed by atoms with E-state index in [9.17, 15) is 0 Å². The van der Waals surface area contributed by atoms with E-state index in [1.165, 1.54) is 5.39 Å². The number of furan rings is 1. The van der Waals surface area contributed by atoms with Crippen molar-refractivity contribution in [2.24, 2.45) is 0 Å². The number of rotatable bonds is 0. The van der Waals surface area contributed by atoms with Crippen LogP contribution in [0.15, 0.2) is 59.0 Å². The van der Waals surface area contributed by atoms with Crippen LogP contribution in [0.3, 0.4) is 0 Å². The zero-order valence-electron chi connectivity index (χ0n) is 9.10. The number of fused-ring (bicyclic) bond motifs is 4. The van der Waals surface area contributed by atoms with Gasteiger partial charge in [0.15, 0.2) is 0 Å². The summed E-state index contributed by atoms with van der Waals surface area (Å²) in [7, 11) is 0. The van der Waals surface area contributed by atoms with Gasteiger partial charge < -0.3 is 4.42 Å². The molecule has 0 aliphatic rings. The maximum absolute atomic E-state index is 5.83. The Morgan fingerprint density at radius 1 is 0.824 bits per heavy atom. The van der Waals surface area contributed by atoms with Gasteiger partial charge in [0.1, 0.15) is 11.2 Å². The summed E-state index contributed by atoms with van der Waals surface area (Å²) in [6, 6.07) is 21.8. The molecule has 0 saturated carbocycles. The molecule has 0 amide bonds. The van der Waals surface area contributed by atoms with Crippen LogP contribution in [0.1, 0.15) is 0 Å². The number of para-hydroxylation sites is 1. The first-order valence-electron chi connectivity index (χ1n) is 5.64. The summed E-state index contributed by atoms with van der Waals surface area (Å²) in [6.45, 7) is 0. The number of hydrogen-bond donors (Lipinski definition) is 0. The number of benzene rings is 3. The van der Waals surface area contributed by atoms with E-state index >= 15 is 0 Å². The second-order valence-corrected chi connectivity index (χ2v) is 4.19. The van der Waals surface area contributed by atoms with Crippen molar-refractivity contribution in [3.05, 3.63) is 60.7 Å². The van der Waals surface area contributed by atoms with Crippen LogP contribution in [0.25, 0.3) is 32.7 Å². The molecule has 0 fully saturated rings. The van der Waals surface area contributed by atoms with E-state index < -0.39 is 0 Å². The van der Waals surface area contributed by atoms with Gasteiger partial charge in [0.05, 0.1) is 0 Å². The summed E-state index contributed by atoms with van der Waals surface area (Å²) in [5.41, 5.74) is 1.83. The van der Waals surface area contributed by atoms with Crippen LogP contribution in [0.4, 0.5) is 0 Å². The van der Waals surface area contributed by atoms with E-state index in [-0.39, 0.29) is 0 Å². The maximum Gasteiger partial charge on any atom is 0.136 e. The summed E-state index contributed by atoms with van der Waals surface area (Å²) in [6.07, 6.45) is 0. The molecule has 0 unspecified atom stereocenters. The molecule has 79 valence electrons. The van der Waals surface area contributed by atoms with E-state index in [1.54, 1.807) is 0 Å². The Morgan fingerprint density at radius 3 is 2.65 bits per heavy atom. The fourth-order valence-corrected chi connectivity index (χ4v) is 2.31. The Labute approximate surface area is 98.3 Å². The minimum Gasteiger partial charge on any atom is -0.456 e. The van der Waals surface area contributed by atoms with Crippen LogP contribution in [-0.2, 0) is 0 Å². The monoisotopic (exact) mass is 217 g/mol. The van der Waals surface area contributed by atoms with Gasteiger partial charge in [0.2, 0.25) is 0 Å². The Balaban J connectivity index is 2.28. The first kappa shape index (κ1) is 8.82. The predicted octanol–water partition coefficient (Wildman–Crippen LogP) is 4.54. The molecule has 3 aromatic carbocycles. The summed E-state index contributed by atoms with van der Waals surface area (Å²) >= 11 is 0. The second-order valence-electron chi connectivity index (χ2n) is 4.19. The summed E-state index contributed by atoms with van der Waals surface area (Å²) in [5, 5.41) is 4.50. The maximum atomic E-state index is 5.83. The van der Waals surface area contributed by atoms with E-state index in [0.29, 0.717) is 0 Å². The Kier molecular flexibility index (Phi) is 1.61. The molecule has 1 heterocycles. The van der Waals surface area contributed by atoms with Crippen molar-refractivity contribution in [2.45, 2.75) is 0 Å². The van der Waals surface area contributed by atoms with Crippen LogP contribution < -0.4 is 0 Å². The third kappa shape index (κ3) is 1.19. The van der Waals surface area contributed by atoms with Crippen LogP contribution in [0, 0.1) is 6.07 Å². The molecule has 4 rings (SSSR count). The molecular weight excluding hydrogens is 208 g/mol. The molecule has 0 N–H and O–H groups in total. The van der Waals surface area contributed by atoms with Gasteiger partial charge in [-0.05, 0) is 22.9 Å². The highest BCUT2D eigenvalue weighted by Crippen LogP contribution is 2.31. The molecular formula is C16H9O. The van der Waals surface area contributed by atoms with Crippen molar-refractivity contribution in [3.63, 3.8) is 0 Å². The normalized spacial score (nSPS) is 11.5. The molecule has 1 nitrogen and oxygen atoms in total. The number of hydrogen-bond acceptors (Lipinski definition) is 1. The van der Waals surface area contributed by atoms with Crippen molar-refractivity contribution in [1.82, 2.24) is 0 Å². The van der Waals surface area contributed by atoms with Gasteiger partial charge in [0, 0.05) is 16.8 Å². The first-order valence-corrected chi connectivity index (χ1v) is 5.64. The standard InChI is InChI=1S/C16H9O/c1-2-6-12-10-16-14(9-11(12)5-1)13-7-3-4-8-15(13)17-16/h1-8,10H. The third-order valence-electron chi connectivity index (χ3n) is 3.13. The van der Waals surface area contributed by atoms with E-state index in [0.717, 1.165) is 27.3 Å². The average Bonchev–Trinajstić information content (AvgIpc) is 2.73. The van der Waals surface area contributed by atoms with Crippen molar-refractivity contribution in [2.75, 3.05) is 0 Å². The van der Waals surface area contributed by atoms with Gasteiger partial charge in [0.25, 0.3) is 0 Å². The van der Waals surface area contributed by atoms with E-state index in [1.807, 2.05) is 30.3 Å². The van der Waals surface area contributed by atoms with Gasteiger partial charge in [-0.1, -0.05) is 42.5 Å². The SMILES string of the molecule is [c]1c2ccccc2cc2oc3ccccc3c12. The lowest BCUT2D eigenvalue weighted by Crippen LogP contribution is -1.72. The lowest BCUT2D eigenvalue weighted by atomic mass is 10.1. The van der Waals surface area contributed by atoms with Gasteiger partial charge in [-0.2, -0.15) is 0 Å². The largest absolute Gasteiger partial charge is 0.456 e. The Morgan fingerprint density at radius 2 is 1.65 bits per heavy atom. The van der Waals surface area contributed by atoms with Crippen LogP contribution >= 0.6 is 0 Å². The Hall–Kier alpha value is -2.28. The Bertz CT molecular complexity index is 834. The lowest BCUT2D eigenvalue weighted by Gasteiger charge is -1.95. The molecule has 1 aromatic heterocycles. The van der Waals surface area contributed by atoms with Gasteiger partial charge in [-0.3, -0.25) is 0 Å². The van der Waals surface area contributed by atoms with Crippen LogP contribution in [-0.4, -0.2) is 0 Å². The molecule has 0 atom stereocenters. The topological polar surface area (TPSA) is 13.1 Å². The highest BCUT2D eigenvalue weighted by atomic mass is 16.3. The summed E-state index contributed by atoms with van der Waals surface area (Å²) in [4.78, 5) is 0. The minimum atomic E-state index is 0.907. The smallest absolute Gasteiger partial charge is 0.136 e. The lowest BCUT2D eigenvalue weighted by molar-refractivity contribution is 0.669. The fourth-order valence-electron chi connectivity index (χ4n) is 2.31. The van der Waals surface area contributed by atoms with Crippen molar-refractivity contribution in [1.29, 1.82) is 0 Å². The highest BCUT2D eigenvalue weighted by Gasteiger charge is 2.07. The molecule has 1 radical (unpaired) electrons. The minimum absolute atomic E-state index is 0.907. The highest BCUT2D eigenvalue weighted by molar-refractivity contribution is 6.09. The van der Waals surface area contributed by atoms with Gasteiger partial charge >= 0.3 is 0 Å². The second kappa shape index (κ2) is 3.11. The zero-order chi connectivity index (χ0) is 11.2. The van der Waals surface area contributed by atoms with E-state index in [2.05, 4.69) is 30.3 Å². The molecule has 17 heavy (non-hydrogen) atoms. The van der Waals surface area contributed by atoms with Gasteiger partial charge in [-0.15, -0.1) is 0 Å². The van der Waals surface area contributed by atoms with Crippen molar-refractivity contribution in [3.8, 4) is 0 Å². The fraction of sp³-hybridized carbons (Fsp3) is 0. The molecule has 0 aliphatic heterocycles. The molecule has 0 spiro atoms.